The fourth-order valence-electron chi connectivity index (χ4n) is 5.51. The molecule has 2 aromatic carbocycles. The summed E-state index contributed by atoms with van der Waals surface area (Å²) in [4.78, 5) is 33.9. The Balaban J connectivity index is 1.39. The van der Waals surface area contributed by atoms with Crippen molar-refractivity contribution in [3.8, 4) is 11.4 Å². The van der Waals surface area contributed by atoms with Crippen molar-refractivity contribution in [1.82, 2.24) is 28.5 Å². The minimum Gasteiger partial charge on any atom is -0.379 e. The lowest BCUT2D eigenvalue weighted by Crippen LogP contribution is -2.36. The molecule has 4 heterocycles. The number of hydrogen-bond donors (Lipinski definition) is 0. The summed E-state index contributed by atoms with van der Waals surface area (Å²) in [5.41, 5.74) is 3.31. The normalized spacial score (nSPS) is 16.7. The van der Waals surface area contributed by atoms with Crippen LogP contribution in [0.25, 0.3) is 11.4 Å². The van der Waals surface area contributed by atoms with E-state index in [1.807, 2.05) is 84.1 Å². The van der Waals surface area contributed by atoms with Crippen LogP contribution in [0.3, 0.4) is 0 Å². The van der Waals surface area contributed by atoms with Crippen molar-refractivity contribution in [3.63, 3.8) is 0 Å². The monoisotopic (exact) mass is 608 g/mol. The average molecular weight is 609 g/mol. The maximum atomic E-state index is 14.0. The zero-order valence-corrected chi connectivity index (χ0v) is 25.6. The maximum Gasteiger partial charge on any atom is 0.286 e. The fourth-order valence-corrected chi connectivity index (χ4v) is 8.08. The third-order valence-corrected chi connectivity index (χ3v) is 10.3. The number of hydrogen-bond acceptors (Lipinski definition) is 8. The molecule has 0 aliphatic carbocycles. The van der Waals surface area contributed by atoms with Gasteiger partial charge < -0.3 is 9.47 Å². The van der Waals surface area contributed by atoms with E-state index in [4.69, 9.17) is 9.47 Å². The third-order valence-electron chi connectivity index (χ3n) is 7.84. The zero-order valence-electron chi connectivity index (χ0n) is 24.0. The first-order valence-electron chi connectivity index (χ1n) is 14.2. The van der Waals surface area contributed by atoms with E-state index < -0.39 is 0 Å². The predicted octanol–water partition coefficient (Wildman–Crippen LogP) is 3.13. The highest BCUT2D eigenvalue weighted by Crippen LogP contribution is 2.39. The lowest BCUT2D eigenvalue weighted by atomic mass is 10.3. The number of benzene rings is 2. The van der Waals surface area contributed by atoms with Gasteiger partial charge in [-0.3, -0.25) is 28.8 Å². The molecule has 6 rings (SSSR count). The molecule has 10 nitrogen and oxygen atoms in total. The summed E-state index contributed by atoms with van der Waals surface area (Å²) in [5, 5.41) is 0. The van der Waals surface area contributed by atoms with Gasteiger partial charge in [0.25, 0.3) is 11.1 Å². The van der Waals surface area contributed by atoms with Crippen molar-refractivity contribution in [2.24, 2.45) is 14.1 Å². The topological polar surface area (TPSA) is 78.8 Å². The molecule has 0 saturated carbocycles. The van der Waals surface area contributed by atoms with Crippen LogP contribution < -0.4 is 11.1 Å². The van der Waals surface area contributed by atoms with Crippen molar-refractivity contribution < 1.29 is 9.47 Å². The number of morpholine rings is 2. The van der Waals surface area contributed by atoms with Crippen LogP contribution in [0.15, 0.2) is 80.0 Å². The van der Waals surface area contributed by atoms with Crippen LogP contribution in [0.5, 0.6) is 0 Å². The van der Waals surface area contributed by atoms with Crippen molar-refractivity contribution in [2.75, 3.05) is 52.6 Å². The molecule has 2 saturated heterocycles. The molecule has 12 heteroatoms. The molecule has 2 aromatic heterocycles. The quantitative estimate of drug-likeness (QED) is 0.269. The van der Waals surface area contributed by atoms with Gasteiger partial charge in [0.2, 0.25) is 0 Å². The molecule has 0 atom stereocenters. The Kier molecular flexibility index (Phi) is 9.08. The van der Waals surface area contributed by atoms with Gasteiger partial charge in [-0.15, -0.1) is 0 Å². The Labute approximate surface area is 252 Å². The van der Waals surface area contributed by atoms with E-state index in [1.165, 1.54) is 21.6 Å². The van der Waals surface area contributed by atoms with E-state index in [-0.39, 0.29) is 11.1 Å². The molecule has 0 N–H and O–H groups in total. The number of nitrogens with zero attached hydrogens (tertiary/aromatic N) is 6. The van der Waals surface area contributed by atoms with E-state index >= 15 is 0 Å². The molecule has 222 valence electrons. The maximum absolute atomic E-state index is 14.0. The highest BCUT2D eigenvalue weighted by atomic mass is 33.1. The molecule has 0 amide bonds. The van der Waals surface area contributed by atoms with E-state index in [1.54, 1.807) is 9.36 Å². The van der Waals surface area contributed by atoms with Gasteiger partial charge in [-0.25, -0.2) is 9.36 Å². The van der Waals surface area contributed by atoms with Crippen LogP contribution in [0.1, 0.15) is 11.4 Å². The van der Waals surface area contributed by atoms with Gasteiger partial charge in [0.1, 0.15) is 9.79 Å². The van der Waals surface area contributed by atoms with E-state index in [2.05, 4.69) is 9.80 Å². The molecule has 0 unspecified atom stereocenters. The smallest absolute Gasteiger partial charge is 0.286 e. The summed E-state index contributed by atoms with van der Waals surface area (Å²) in [6, 6.07) is 19.4. The van der Waals surface area contributed by atoms with Crippen LogP contribution in [0, 0.1) is 0 Å². The predicted molar refractivity (Wildman–Crippen MR) is 166 cm³/mol. The minimum atomic E-state index is -0.0847. The Hall–Kier alpha value is -3.00. The standard InChI is InChI=1S/C30H36N6O4S2/c1-31-25(21-33-13-17-39-18-14-33)27(29(37)35(31)23-9-5-3-6-10-23)41-42-28-26(22-34-15-19-40-20-16-34)32(2)36(30(28)38)24-11-7-4-8-12-24/h3-12H,13-22H2,1-2H3. The molecule has 42 heavy (non-hydrogen) atoms. The van der Waals surface area contributed by atoms with Gasteiger partial charge in [-0.2, -0.15) is 0 Å². The molecule has 2 aliphatic heterocycles. The Bertz CT molecular complexity index is 1500. The summed E-state index contributed by atoms with van der Waals surface area (Å²) in [6.45, 7) is 7.22. The van der Waals surface area contributed by atoms with E-state index in [0.29, 0.717) is 49.3 Å². The molecule has 0 bridgehead atoms. The van der Waals surface area contributed by atoms with Crippen LogP contribution in [-0.2, 0) is 36.7 Å². The number of rotatable bonds is 9. The number of para-hydroxylation sites is 2. The SMILES string of the molecule is Cn1c(CN2CCOCC2)c(SSc2c(CN3CCOCC3)n(C)n(-c3ccccc3)c2=O)c(=O)n1-c1ccccc1. The average Bonchev–Trinajstić information content (AvgIpc) is 3.40. The summed E-state index contributed by atoms with van der Waals surface area (Å²) in [5.74, 6) is 0. The summed E-state index contributed by atoms with van der Waals surface area (Å²) >= 11 is 0. The van der Waals surface area contributed by atoms with Gasteiger partial charge in [-0.05, 0) is 45.9 Å². The Morgan fingerprint density at radius 1 is 0.595 bits per heavy atom. The van der Waals surface area contributed by atoms with Gasteiger partial charge in [-0.1, -0.05) is 36.4 Å². The third kappa shape index (κ3) is 5.92. The fraction of sp³-hybridized carbons (Fsp3) is 0.400. The molecule has 2 fully saturated rings. The first kappa shape index (κ1) is 29.1. The first-order valence-corrected chi connectivity index (χ1v) is 16.3. The molecule has 0 radical (unpaired) electrons. The minimum absolute atomic E-state index is 0.0847. The molecule has 4 aromatic rings. The second kappa shape index (κ2) is 13.1. The van der Waals surface area contributed by atoms with Crippen LogP contribution in [-0.4, -0.2) is 81.1 Å². The number of aromatic nitrogens is 4. The first-order chi connectivity index (χ1) is 20.5. The van der Waals surface area contributed by atoms with Crippen molar-refractivity contribution in [2.45, 2.75) is 22.9 Å². The molecular weight excluding hydrogens is 573 g/mol. The Morgan fingerprint density at radius 2 is 0.952 bits per heavy atom. The van der Waals surface area contributed by atoms with Crippen molar-refractivity contribution in [1.29, 1.82) is 0 Å². The highest BCUT2D eigenvalue weighted by molar-refractivity contribution is 8.76. The van der Waals surface area contributed by atoms with Crippen LogP contribution >= 0.6 is 21.6 Å². The van der Waals surface area contributed by atoms with Crippen LogP contribution in [0.4, 0.5) is 0 Å². The molecule has 2 aliphatic rings. The second-order valence-electron chi connectivity index (χ2n) is 10.4. The number of ether oxygens (including phenoxy) is 2. The van der Waals surface area contributed by atoms with Gasteiger partial charge in [0.15, 0.2) is 0 Å². The van der Waals surface area contributed by atoms with E-state index in [9.17, 15) is 9.59 Å². The van der Waals surface area contributed by atoms with Crippen molar-refractivity contribution >= 4 is 21.6 Å². The van der Waals surface area contributed by atoms with Crippen LogP contribution in [0.2, 0.25) is 0 Å². The largest absolute Gasteiger partial charge is 0.379 e. The van der Waals surface area contributed by atoms with Gasteiger partial charge in [0.05, 0.1) is 49.2 Å². The second-order valence-corrected chi connectivity index (χ2v) is 12.6. The molecular formula is C30H36N6O4S2. The van der Waals surface area contributed by atoms with Gasteiger partial charge in [0, 0.05) is 53.4 Å². The van der Waals surface area contributed by atoms with E-state index in [0.717, 1.165) is 48.9 Å². The molecule has 0 spiro atoms. The van der Waals surface area contributed by atoms with Crippen molar-refractivity contribution in [3.05, 3.63) is 92.8 Å². The lowest BCUT2D eigenvalue weighted by Gasteiger charge is -2.27. The van der Waals surface area contributed by atoms with Gasteiger partial charge >= 0.3 is 0 Å². The summed E-state index contributed by atoms with van der Waals surface area (Å²) < 4.78 is 18.5. The highest BCUT2D eigenvalue weighted by Gasteiger charge is 2.27. The summed E-state index contributed by atoms with van der Waals surface area (Å²) in [6.07, 6.45) is 0. The lowest BCUT2D eigenvalue weighted by molar-refractivity contribution is 0.0326. The summed E-state index contributed by atoms with van der Waals surface area (Å²) in [7, 11) is 6.65. The Morgan fingerprint density at radius 3 is 1.31 bits per heavy atom. The zero-order chi connectivity index (χ0) is 29.1.